The molecule has 5 heteroatoms. The van der Waals surface area contributed by atoms with E-state index in [1.54, 1.807) is 0 Å². The van der Waals surface area contributed by atoms with Gasteiger partial charge in [-0.1, -0.05) is 30.3 Å². The van der Waals surface area contributed by atoms with Crippen LogP contribution in [0, 0.1) is 10.1 Å². The van der Waals surface area contributed by atoms with Crippen molar-refractivity contribution in [3.8, 4) is 11.5 Å². The number of methoxy groups -OCH3 is 1. The molecule has 0 saturated heterocycles. The van der Waals surface area contributed by atoms with Crippen LogP contribution in [0.1, 0.15) is 5.56 Å². The molecule has 0 radical (unpaired) electrons. The van der Waals surface area contributed by atoms with Gasteiger partial charge >= 0.3 is 5.69 Å². The van der Waals surface area contributed by atoms with E-state index in [-0.39, 0.29) is 18.0 Å². The second-order valence-electron chi connectivity index (χ2n) is 3.87. The first-order chi connectivity index (χ1) is 9.20. The van der Waals surface area contributed by atoms with E-state index in [4.69, 9.17) is 9.47 Å². The zero-order chi connectivity index (χ0) is 13.7. The van der Waals surface area contributed by atoms with Gasteiger partial charge in [0, 0.05) is 12.1 Å². The predicted octanol–water partition coefficient (Wildman–Crippen LogP) is 3.18. The summed E-state index contributed by atoms with van der Waals surface area (Å²) in [6.45, 7) is 0.273. The van der Waals surface area contributed by atoms with Crippen LogP contribution in [-0.2, 0) is 6.61 Å². The van der Waals surface area contributed by atoms with Gasteiger partial charge in [0.25, 0.3) is 0 Å². The maximum absolute atomic E-state index is 10.9. The summed E-state index contributed by atoms with van der Waals surface area (Å²) in [5, 5.41) is 10.9. The van der Waals surface area contributed by atoms with Crippen LogP contribution < -0.4 is 9.47 Å². The van der Waals surface area contributed by atoms with Crippen molar-refractivity contribution in [3.63, 3.8) is 0 Å². The van der Waals surface area contributed by atoms with Gasteiger partial charge in [0.15, 0.2) is 0 Å². The summed E-state index contributed by atoms with van der Waals surface area (Å²) >= 11 is 0. The summed E-state index contributed by atoms with van der Waals surface area (Å²) in [6.07, 6.45) is 0. The van der Waals surface area contributed by atoms with E-state index >= 15 is 0 Å². The summed E-state index contributed by atoms with van der Waals surface area (Å²) in [6, 6.07) is 13.9. The second kappa shape index (κ2) is 5.86. The molecule has 0 amide bonds. The number of hydrogen-bond acceptors (Lipinski definition) is 4. The van der Waals surface area contributed by atoms with Crippen molar-refractivity contribution < 1.29 is 14.4 Å². The molecular weight excluding hydrogens is 246 g/mol. The van der Waals surface area contributed by atoms with Crippen LogP contribution in [0.15, 0.2) is 48.5 Å². The fraction of sp³-hybridized carbons (Fsp3) is 0.143. The molecule has 2 rings (SSSR count). The molecule has 0 unspecified atom stereocenters. The average Bonchev–Trinajstić information content (AvgIpc) is 2.45. The molecule has 0 fully saturated rings. The number of hydrogen-bond donors (Lipinski definition) is 0. The topological polar surface area (TPSA) is 61.6 Å². The Hall–Kier alpha value is -2.56. The highest BCUT2D eigenvalue weighted by Crippen LogP contribution is 2.31. The number of benzene rings is 2. The lowest BCUT2D eigenvalue weighted by molar-refractivity contribution is -0.386. The molecule has 0 aliphatic heterocycles. The molecule has 5 nitrogen and oxygen atoms in total. The molecule has 0 bridgehead atoms. The van der Waals surface area contributed by atoms with E-state index in [0.717, 1.165) is 5.56 Å². The molecule has 0 spiro atoms. The van der Waals surface area contributed by atoms with Gasteiger partial charge in [-0.3, -0.25) is 10.1 Å². The van der Waals surface area contributed by atoms with Gasteiger partial charge < -0.3 is 9.47 Å². The van der Waals surface area contributed by atoms with E-state index in [9.17, 15) is 10.1 Å². The highest BCUT2D eigenvalue weighted by Gasteiger charge is 2.16. The summed E-state index contributed by atoms with van der Waals surface area (Å²) in [5.41, 5.74) is 0.872. The van der Waals surface area contributed by atoms with E-state index in [1.165, 1.54) is 25.3 Å². The predicted molar refractivity (Wildman–Crippen MR) is 70.4 cm³/mol. The van der Waals surface area contributed by atoms with Gasteiger partial charge in [0.1, 0.15) is 12.4 Å². The van der Waals surface area contributed by atoms with E-state index in [0.29, 0.717) is 5.75 Å². The summed E-state index contributed by atoms with van der Waals surface area (Å²) in [7, 11) is 1.50. The second-order valence-corrected chi connectivity index (χ2v) is 3.87. The van der Waals surface area contributed by atoms with Crippen molar-refractivity contribution >= 4 is 5.69 Å². The summed E-state index contributed by atoms with van der Waals surface area (Å²) in [5.74, 6) is 0.724. The number of nitro groups is 1. The molecule has 98 valence electrons. The average molecular weight is 259 g/mol. The van der Waals surface area contributed by atoms with Crippen LogP contribution in [0.2, 0.25) is 0 Å². The first-order valence-corrected chi connectivity index (χ1v) is 5.70. The van der Waals surface area contributed by atoms with Crippen LogP contribution in [-0.4, -0.2) is 12.0 Å². The highest BCUT2D eigenvalue weighted by atomic mass is 16.6. The molecule has 0 saturated carbocycles. The largest absolute Gasteiger partial charge is 0.497 e. The Balaban J connectivity index is 2.20. The van der Waals surface area contributed by atoms with E-state index in [2.05, 4.69) is 0 Å². The lowest BCUT2D eigenvalue weighted by Gasteiger charge is -2.08. The molecule has 0 N–H and O–H groups in total. The van der Waals surface area contributed by atoms with Crippen LogP contribution in [0.5, 0.6) is 11.5 Å². The highest BCUT2D eigenvalue weighted by molar-refractivity contribution is 5.50. The third-order valence-electron chi connectivity index (χ3n) is 2.60. The van der Waals surface area contributed by atoms with E-state index in [1.807, 2.05) is 30.3 Å². The van der Waals surface area contributed by atoms with Crippen molar-refractivity contribution in [1.82, 2.24) is 0 Å². The monoisotopic (exact) mass is 259 g/mol. The van der Waals surface area contributed by atoms with Crippen molar-refractivity contribution in [2.24, 2.45) is 0 Å². The first-order valence-electron chi connectivity index (χ1n) is 5.70. The molecule has 2 aromatic rings. The molecule has 0 aliphatic rings. The minimum absolute atomic E-state index is 0.0725. The maximum Gasteiger partial charge on any atom is 0.311 e. The van der Waals surface area contributed by atoms with Crippen LogP contribution >= 0.6 is 0 Å². The quantitative estimate of drug-likeness (QED) is 0.611. The zero-order valence-corrected chi connectivity index (χ0v) is 10.4. The Morgan fingerprint density at radius 1 is 1.16 bits per heavy atom. The van der Waals surface area contributed by atoms with Crippen molar-refractivity contribution in [3.05, 3.63) is 64.2 Å². The smallest absolute Gasteiger partial charge is 0.311 e. The Morgan fingerprint density at radius 3 is 2.53 bits per heavy atom. The zero-order valence-electron chi connectivity index (χ0n) is 10.4. The molecule has 0 aliphatic carbocycles. The Bertz CT molecular complexity index is 569. The van der Waals surface area contributed by atoms with Gasteiger partial charge in [0.2, 0.25) is 5.75 Å². The van der Waals surface area contributed by atoms with Crippen molar-refractivity contribution in [2.75, 3.05) is 7.11 Å². The van der Waals surface area contributed by atoms with Crippen LogP contribution in [0.3, 0.4) is 0 Å². The first kappa shape index (κ1) is 12.9. The van der Waals surface area contributed by atoms with Gasteiger partial charge in [-0.05, 0) is 11.6 Å². The molecule has 0 heterocycles. The molecular formula is C14H13NO4. The normalized spacial score (nSPS) is 9.95. The Morgan fingerprint density at radius 2 is 1.89 bits per heavy atom. The van der Waals surface area contributed by atoms with Crippen molar-refractivity contribution in [1.29, 1.82) is 0 Å². The van der Waals surface area contributed by atoms with Crippen LogP contribution in [0.4, 0.5) is 5.69 Å². The number of ether oxygens (including phenoxy) is 2. The van der Waals surface area contributed by atoms with Gasteiger partial charge in [-0.2, -0.15) is 0 Å². The number of nitrogens with zero attached hydrogens (tertiary/aromatic N) is 1. The fourth-order valence-electron chi connectivity index (χ4n) is 1.62. The molecule has 2 aromatic carbocycles. The van der Waals surface area contributed by atoms with Gasteiger partial charge in [0.05, 0.1) is 12.0 Å². The fourth-order valence-corrected chi connectivity index (χ4v) is 1.62. The summed E-state index contributed by atoms with van der Waals surface area (Å²) in [4.78, 5) is 10.4. The maximum atomic E-state index is 10.9. The lowest BCUT2D eigenvalue weighted by atomic mass is 10.2. The molecule has 0 atom stereocenters. The van der Waals surface area contributed by atoms with Gasteiger partial charge in [-0.25, -0.2) is 0 Å². The minimum Gasteiger partial charge on any atom is -0.497 e. The molecule has 0 aromatic heterocycles. The minimum atomic E-state index is -0.472. The number of nitro benzene ring substituents is 1. The summed E-state index contributed by atoms with van der Waals surface area (Å²) < 4.78 is 10.5. The van der Waals surface area contributed by atoms with Crippen LogP contribution in [0.25, 0.3) is 0 Å². The third kappa shape index (κ3) is 3.22. The van der Waals surface area contributed by atoms with Gasteiger partial charge in [-0.15, -0.1) is 0 Å². The van der Waals surface area contributed by atoms with Crippen molar-refractivity contribution in [2.45, 2.75) is 6.61 Å². The SMILES string of the molecule is COc1ccc([N+](=O)[O-])c(OCc2ccccc2)c1. The molecule has 19 heavy (non-hydrogen) atoms. The van der Waals surface area contributed by atoms with E-state index < -0.39 is 4.92 Å². The number of rotatable bonds is 5. The lowest BCUT2D eigenvalue weighted by Crippen LogP contribution is -1.99. The third-order valence-corrected chi connectivity index (χ3v) is 2.60. The Kier molecular flexibility index (Phi) is 3.97. The standard InChI is InChI=1S/C14H13NO4/c1-18-12-7-8-13(15(16)17)14(9-12)19-10-11-5-3-2-4-6-11/h2-9H,10H2,1H3. The Labute approximate surface area is 110 Å².